The quantitative estimate of drug-likeness (QED) is 0.839. The van der Waals surface area contributed by atoms with Crippen LogP contribution >= 0.6 is 0 Å². The van der Waals surface area contributed by atoms with Gasteiger partial charge in [-0.25, -0.2) is 0 Å². The van der Waals surface area contributed by atoms with Crippen LogP contribution in [-0.4, -0.2) is 47.8 Å². The molecular weight excluding hydrogens is 260 g/mol. The predicted molar refractivity (Wildman–Crippen MR) is 89.7 cm³/mol. The third-order valence-corrected chi connectivity index (χ3v) is 5.47. The molecule has 0 spiro atoms. The highest BCUT2D eigenvalue weighted by molar-refractivity contribution is 5.01. The molecule has 0 aromatic carbocycles. The monoisotopic (exact) mass is 296 g/mol. The lowest BCUT2D eigenvalue weighted by Crippen LogP contribution is -2.51. The maximum absolute atomic E-state index is 6.28. The third kappa shape index (κ3) is 4.20. The third-order valence-electron chi connectivity index (χ3n) is 5.47. The van der Waals surface area contributed by atoms with Crippen molar-refractivity contribution in [2.45, 2.75) is 102 Å². The maximum atomic E-state index is 6.28. The van der Waals surface area contributed by atoms with Crippen molar-refractivity contribution in [2.24, 2.45) is 0 Å². The van der Waals surface area contributed by atoms with Crippen LogP contribution in [0.4, 0.5) is 0 Å². The van der Waals surface area contributed by atoms with Crippen LogP contribution in [0.1, 0.15) is 73.1 Å². The minimum atomic E-state index is -0.0322. The van der Waals surface area contributed by atoms with Crippen LogP contribution in [0.3, 0.4) is 0 Å². The van der Waals surface area contributed by atoms with Crippen molar-refractivity contribution >= 4 is 0 Å². The first-order valence-corrected chi connectivity index (χ1v) is 8.90. The van der Waals surface area contributed by atoms with Crippen molar-refractivity contribution in [3.8, 4) is 0 Å². The highest BCUT2D eigenvalue weighted by Crippen LogP contribution is 2.41. The summed E-state index contributed by atoms with van der Waals surface area (Å²) in [6.07, 6.45) is 7.68. The summed E-state index contributed by atoms with van der Waals surface area (Å²) in [5.41, 5.74) is -0.0160. The molecule has 0 aromatic heterocycles. The van der Waals surface area contributed by atoms with Crippen molar-refractivity contribution in [3.05, 3.63) is 0 Å². The molecule has 1 aliphatic carbocycles. The molecule has 2 fully saturated rings. The van der Waals surface area contributed by atoms with Crippen molar-refractivity contribution in [3.63, 3.8) is 0 Å². The van der Waals surface area contributed by atoms with Gasteiger partial charge in [-0.1, -0.05) is 6.92 Å². The van der Waals surface area contributed by atoms with Gasteiger partial charge in [-0.3, -0.25) is 4.90 Å². The first-order chi connectivity index (χ1) is 9.75. The molecule has 0 aromatic rings. The minimum Gasteiger partial charge on any atom is -0.368 e. The first kappa shape index (κ1) is 17.2. The molecule has 0 amide bonds. The molecule has 21 heavy (non-hydrogen) atoms. The minimum absolute atomic E-state index is 0.0162. The van der Waals surface area contributed by atoms with E-state index in [0.717, 1.165) is 18.5 Å². The van der Waals surface area contributed by atoms with E-state index in [1.807, 2.05) is 0 Å². The van der Waals surface area contributed by atoms with E-state index in [0.29, 0.717) is 6.04 Å². The molecule has 1 heterocycles. The zero-order valence-electron chi connectivity index (χ0n) is 15.0. The van der Waals surface area contributed by atoms with Crippen LogP contribution in [0, 0.1) is 0 Å². The molecule has 1 unspecified atom stereocenters. The van der Waals surface area contributed by atoms with Gasteiger partial charge < -0.3 is 10.1 Å². The Balaban J connectivity index is 1.88. The fourth-order valence-corrected chi connectivity index (χ4v) is 4.46. The van der Waals surface area contributed by atoms with Crippen LogP contribution in [0.5, 0.6) is 0 Å². The normalized spacial score (nSPS) is 35.3. The fraction of sp³-hybridized carbons (Fsp3) is 1.00. The predicted octanol–water partition coefficient (Wildman–Crippen LogP) is 3.58. The lowest BCUT2D eigenvalue weighted by atomic mass is 9.86. The number of ether oxygens (including phenoxy) is 1. The molecule has 1 saturated carbocycles. The smallest absolute Gasteiger partial charge is 0.0789 e. The van der Waals surface area contributed by atoms with Gasteiger partial charge in [-0.2, -0.15) is 0 Å². The zero-order chi connectivity index (χ0) is 15.7. The van der Waals surface area contributed by atoms with Gasteiger partial charge in [0.25, 0.3) is 0 Å². The van der Waals surface area contributed by atoms with Crippen molar-refractivity contribution in [1.29, 1.82) is 0 Å². The molecule has 1 saturated heterocycles. The molecule has 2 rings (SSSR count). The SMILES string of the molecule is CCCNC1CCC(N(C)C2CC(C)(C)OC2(C)C)CC1. The summed E-state index contributed by atoms with van der Waals surface area (Å²) in [5, 5.41) is 3.69. The number of hydrogen-bond acceptors (Lipinski definition) is 3. The summed E-state index contributed by atoms with van der Waals surface area (Å²) in [7, 11) is 2.32. The summed E-state index contributed by atoms with van der Waals surface area (Å²) in [4.78, 5) is 2.63. The molecule has 2 aliphatic rings. The average Bonchev–Trinajstić information content (AvgIpc) is 2.64. The van der Waals surface area contributed by atoms with Gasteiger partial charge in [0.1, 0.15) is 0 Å². The Morgan fingerprint density at radius 2 is 1.71 bits per heavy atom. The van der Waals surface area contributed by atoms with E-state index < -0.39 is 0 Å². The lowest BCUT2D eigenvalue weighted by Gasteiger charge is -2.41. The van der Waals surface area contributed by atoms with Crippen LogP contribution in [0.15, 0.2) is 0 Å². The Morgan fingerprint density at radius 1 is 1.10 bits per heavy atom. The Labute approximate surface area is 131 Å². The van der Waals surface area contributed by atoms with E-state index in [2.05, 4.69) is 51.9 Å². The second-order valence-corrected chi connectivity index (χ2v) is 8.31. The molecule has 3 heteroatoms. The number of rotatable bonds is 5. The van der Waals surface area contributed by atoms with Gasteiger partial charge in [0, 0.05) is 18.1 Å². The van der Waals surface area contributed by atoms with E-state index in [1.165, 1.54) is 38.6 Å². The van der Waals surface area contributed by atoms with E-state index >= 15 is 0 Å². The second kappa shape index (κ2) is 6.55. The van der Waals surface area contributed by atoms with Crippen molar-refractivity contribution in [1.82, 2.24) is 10.2 Å². The molecule has 1 atom stereocenters. The largest absolute Gasteiger partial charge is 0.368 e. The van der Waals surface area contributed by atoms with Crippen molar-refractivity contribution in [2.75, 3.05) is 13.6 Å². The van der Waals surface area contributed by atoms with Crippen LogP contribution in [0.25, 0.3) is 0 Å². The van der Waals surface area contributed by atoms with E-state index in [-0.39, 0.29) is 11.2 Å². The van der Waals surface area contributed by atoms with Gasteiger partial charge in [0.2, 0.25) is 0 Å². The van der Waals surface area contributed by atoms with Gasteiger partial charge in [0.15, 0.2) is 0 Å². The molecule has 124 valence electrons. The van der Waals surface area contributed by atoms with E-state index in [4.69, 9.17) is 4.74 Å². The summed E-state index contributed by atoms with van der Waals surface area (Å²) in [6.45, 7) is 12.4. The lowest BCUT2D eigenvalue weighted by molar-refractivity contribution is -0.0828. The van der Waals surface area contributed by atoms with E-state index in [1.54, 1.807) is 0 Å². The highest BCUT2D eigenvalue weighted by atomic mass is 16.5. The van der Waals surface area contributed by atoms with Crippen LogP contribution < -0.4 is 5.32 Å². The first-order valence-electron chi connectivity index (χ1n) is 8.90. The molecular formula is C18H36N2O. The molecule has 0 radical (unpaired) electrons. The second-order valence-electron chi connectivity index (χ2n) is 8.31. The Kier molecular flexibility index (Phi) is 5.38. The van der Waals surface area contributed by atoms with E-state index in [9.17, 15) is 0 Å². The molecule has 1 aliphatic heterocycles. The van der Waals surface area contributed by atoms with Gasteiger partial charge in [-0.15, -0.1) is 0 Å². The number of nitrogens with zero attached hydrogens (tertiary/aromatic N) is 1. The summed E-state index contributed by atoms with van der Waals surface area (Å²) in [6, 6.07) is 2.02. The van der Waals surface area contributed by atoms with Crippen molar-refractivity contribution < 1.29 is 4.74 Å². The highest BCUT2D eigenvalue weighted by Gasteiger charge is 2.48. The molecule has 0 bridgehead atoms. The molecule has 3 nitrogen and oxygen atoms in total. The fourth-order valence-electron chi connectivity index (χ4n) is 4.46. The molecule has 1 N–H and O–H groups in total. The number of likely N-dealkylation sites (N-methyl/N-ethyl adjacent to an activating group) is 1. The number of hydrogen-bond donors (Lipinski definition) is 1. The van der Waals surface area contributed by atoms with Gasteiger partial charge in [-0.05, 0) is 79.8 Å². The number of nitrogens with one attached hydrogen (secondary N) is 1. The van der Waals surface area contributed by atoms with Gasteiger partial charge >= 0.3 is 0 Å². The van der Waals surface area contributed by atoms with Crippen LogP contribution in [0.2, 0.25) is 0 Å². The van der Waals surface area contributed by atoms with Crippen LogP contribution in [-0.2, 0) is 4.74 Å². The standard InChI is InChI=1S/C18H36N2O/c1-7-12-19-14-8-10-15(11-9-14)20(6)16-13-17(2,3)21-18(16,4)5/h14-16,19H,7-13H2,1-6H3. The zero-order valence-corrected chi connectivity index (χ0v) is 15.0. The van der Waals surface area contributed by atoms with Gasteiger partial charge in [0.05, 0.1) is 11.2 Å². The maximum Gasteiger partial charge on any atom is 0.0789 e. The average molecular weight is 296 g/mol. The summed E-state index contributed by atoms with van der Waals surface area (Å²) < 4.78 is 6.28. The Morgan fingerprint density at radius 3 is 2.19 bits per heavy atom. The summed E-state index contributed by atoms with van der Waals surface area (Å²) >= 11 is 0. The topological polar surface area (TPSA) is 24.5 Å². The Bertz CT molecular complexity index is 332. The summed E-state index contributed by atoms with van der Waals surface area (Å²) in [5.74, 6) is 0. The Hall–Kier alpha value is -0.120.